The normalized spacial score (nSPS) is 15.8. The van der Waals surface area contributed by atoms with E-state index in [0.717, 1.165) is 11.8 Å². The van der Waals surface area contributed by atoms with E-state index in [4.69, 9.17) is 4.74 Å². The van der Waals surface area contributed by atoms with Gasteiger partial charge < -0.3 is 10.1 Å². The fourth-order valence-corrected chi connectivity index (χ4v) is 3.73. The van der Waals surface area contributed by atoms with Crippen LogP contribution < -0.4 is 5.32 Å². The van der Waals surface area contributed by atoms with Gasteiger partial charge in [0, 0.05) is 23.4 Å². The molecular formula is C21H19N3O5S. The summed E-state index contributed by atoms with van der Waals surface area (Å²) in [6, 6.07) is 13.8. The number of aliphatic imine (C=N–C) groups is 1. The van der Waals surface area contributed by atoms with Gasteiger partial charge in [0.05, 0.1) is 17.1 Å². The molecule has 1 heterocycles. The molecule has 0 saturated heterocycles. The van der Waals surface area contributed by atoms with Gasteiger partial charge in [-0.25, -0.2) is 9.79 Å². The van der Waals surface area contributed by atoms with Gasteiger partial charge in [0.25, 0.3) is 5.69 Å². The average molecular weight is 425 g/mol. The first kappa shape index (κ1) is 21.3. The molecule has 0 fully saturated rings. The third kappa shape index (κ3) is 4.74. The molecule has 8 nitrogen and oxygen atoms in total. The number of benzene rings is 2. The fraction of sp³-hybridized carbons (Fsp3) is 0.190. The Labute approximate surface area is 177 Å². The number of carbonyl (C=O) groups is 2. The summed E-state index contributed by atoms with van der Waals surface area (Å²) in [6.45, 7) is 3.55. The molecular weight excluding hydrogens is 406 g/mol. The molecule has 2 aromatic carbocycles. The summed E-state index contributed by atoms with van der Waals surface area (Å²) in [5.41, 5.74) is 1.57. The lowest BCUT2D eigenvalue weighted by Crippen LogP contribution is -2.31. The summed E-state index contributed by atoms with van der Waals surface area (Å²) >= 11 is 0.893. The number of non-ortho nitro benzene ring substituents is 1. The summed E-state index contributed by atoms with van der Waals surface area (Å²) < 4.78 is 5.15. The number of hydrogen-bond donors (Lipinski definition) is 1. The second-order valence-electron chi connectivity index (χ2n) is 6.33. The lowest BCUT2D eigenvalue weighted by Gasteiger charge is -2.25. The van der Waals surface area contributed by atoms with Crippen LogP contribution in [-0.2, 0) is 9.53 Å². The maximum atomic E-state index is 12.6. The van der Waals surface area contributed by atoms with E-state index in [1.807, 2.05) is 6.07 Å². The summed E-state index contributed by atoms with van der Waals surface area (Å²) in [7, 11) is 0. The van der Waals surface area contributed by atoms with Crippen molar-refractivity contribution in [1.29, 1.82) is 0 Å². The number of allylic oxidation sites excluding steroid dienone is 1. The van der Waals surface area contributed by atoms with Crippen molar-refractivity contribution in [2.75, 3.05) is 6.61 Å². The minimum atomic E-state index is -0.837. The molecule has 3 rings (SSSR count). The number of hydrogen-bond acceptors (Lipinski definition) is 8. The molecule has 0 amide bonds. The summed E-state index contributed by atoms with van der Waals surface area (Å²) in [5.74, 6) is -0.568. The first-order valence-electron chi connectivity index (χ1n) is 9.15. The van der Waals surface area contributed by atoms with Crippen LogP contribution in [0.5, 0.6) is 0 Å². The molecule has 0 aromatic heterocycles. The van der Waals surface area contributed by atoms with Crippen molar-refractivity contribution in [1.82, 2.24) is 5.32 Å². The van der Waals surface area contributed by atoms with Gasteiger partial charge >= 0.3 is 5.97 Å². The molecule has 0 spiro atoms. The highest BCUT2D eigenvalue weighted by atomic mass is 32.2. The van der Waals surface area contributed by atoms with Crippen molar-refractivity contribution in [3.8, 4) is 0 Å². The molecule has 154 valence electrons. The van der Waals surface area contributed by atoms with Crippen molar-refractivity contribution in [3.63, 3.8) is 0 Å². The highest BCUT2D eigenvalue weighted by molar-refractivity contribution is 8.26. The molecule has 2 aromatic rings. The van der Waals surface area contributed by atoms with Crippen LogP contribution in [0.1, 0.15) is 35.8 Å². The Balaban J connectivity index is 1.99. The molecule has 0 aliphatic carbocycles. The predicted molar refractivity (Wildman–Crippen MR) is 114 cm³/mol. The Morgan fingerprint density at radius 1 is 1.20 bits per heavy atom. The lowest BCUT2D eigenvalue weighted by molar-refractivity contribution is -0.384. The topological polar surface area (TPSA) is 111 Å². The number of esters is 1. The van der Waals surface area contributed by atoms with Crippen molar-refractivity contribution >= 4 is 33.7 Å². The van der Waals surface area contributed by atoms with Crippen LogP contribution in [0.15, 0.2) is 70.9 Å². The molecule has 0 radical (unpaired) electrons. The maximum absolute atomic E-state index is 12.6. The summed E-state index contributed by atoms with van der Waals surface area (Å²) in [4.78, 5) is 40.3. The lowest BCUT2D eigenvalue weighted by atomic mass is 9.96. The zero-order valence-electron chi connectivity index (χ0n) is 16.3. The van der Waals surface area contributed by atoms with E-state index in [0.29, 0.717) is 22.0 Å². The van der Waals surface area contributed by atoms with Crippen LogP contribution in [0.25, 0.3) is 0 Å². The quantitative estimate of drug-likeness (QED) is 0.438. The Bertz CT molecular complexity index is 1050. The fourth-order valence-electron chi connectivity index (χ4n) is 2.94. The minimum Gasteiger partial charge on any atom is -0.463 e. The van der Waals surface area contributed by atoms with Crippen LogP contribution in [0, 0.1) is 10.1 Å². The van der Waals surface area contributed by atoms with Crippen molar-refractivity contribution in [2.45, 2.75) is 19.9 Å². The number of nitro groups is 1. The van der Waals surface area contributed by atoms with Crippen molar-refractivity contribution in [3.05, 3.63) is 87.1 Å². The second-order valence-corrected chi connectivity index (χ2v) is 7.29. The molecule has 0 bridgehead atoms. The van der Waals surface area contributed by atoms with Crippen molar-refractivity contribution < 1.29 is 19.2 Å². The third-order valence-electron chi connectivity index (χ3n) is 4.31. The van der Waals surface area contributed by atoms with Gasteiger partial charge in [-0.05, 0) is 31.2 Å². The van der Waals surface area contributed by atoms with E-state index in [1.165, 1.54) is 18.2 Å². The molecule has 9 heteroatoms. The van der Waals surface area contributed by atoms with Gasteiger partial charge in [0.15, 0.2) is 5.17 Å². The van der Waals surface area contributed by atoms with Crippen LogP contribution >= 0.6 is 11.8 Å². The van der Waals surface area contributed by atoms with Crippen LogP contribution in [0.2, 0.25) is 0 Å². The van der Waals surface area contributed by atoms with Crippen molar-refractivity contribution in [2.24, 2.45) is 4.99 Å². The van der Waals surface area contributed by atoms with E-state index in [1.54, 1.807) is 44.2 Å². The second kappa shape index (κ2) is 9.36. The molecule has 1 atom stereocenters. The molecule has 1 aliphatic heterocycles. The van der Waals surface area contributed by atoms with Gasteiger partial charge in [0.2, 0.25) is 5.12 Å². The van der Waals surface area contributed by atoms with Gasteiger partial charge in [0.1, 0.15) is 6.04 Å². The zero-order chi connectivity index (χ0) is 21.7. The Hall–Kier alpha value is -3.46. The Morgan fingerprint density at radius 3 is 2.60 bits per heavy atom. The monoisotopic (exact) mass is 425 g/mol. The number of amidine groups is 1. The first-order chi connectivity index (χ1) is 14.4. The largest absolute Gasteiger partial charge is 0.463 e. The number of ether oxygens (including phenoxy) is 1. The van der Waals surface area contributed by atoms with E-state index < -0.39 is 16.9 Å². The third-order valence-corrected chi connectivity index (χ3v) is 5.13. The number of carbonyl (C=O) groups excluding carboxylic acids is 2. The number of rotatable bonds is 5. The molecule has 1 aliphatic rings. The van der Waals surface area contributed by atoms with Gasteiger partial charge in [-0.2, -0.15) is 0 Å². The SMILES string of the molecule is CCOC(=O)C1=C(C)NC(SC(=O)c2ccccc2)=NC1c1cccc([N+](=O)[O-])c1. The molecule has 1 N–H and O–H groups in total. The molecule has 0 saturated carbocycles. The summed E-state index contributed by atoms with van der Waals surface area (Å²) in [6.07, 6.45) is 0. The molecule has 1 unspecified atom stereocenters. The van der Waals surface area contributed by atoms with Crippen LogP contribution in [-0.4, -0.2) is 27.8 Å². The predicted octanol–water partition coefficient (Wildman–Crippen LogP) is 4.01. The number of nitro benzene ring substituents is 1. The van der Waals surface area contributed by atoms with Gasteiger partial charge in [-0.3, -0.25) is 14.9 Å². The number of nitrogens with zero attached hydrogens (tertiary/aromatic N) is 2. The highest BCUT2D eigenvalue weighted by Gasteiger charge is 2.32. The minimum absolute atomic E-state index is 0.114. The van der Waals surface area contributed by atoms with Gasteiger partial charge in [-0.15, -0.1) is 0 Å². The Morgan fingerprint density at radius 2 is 1.93 bits per heavy atom. The van der Waals surface area contributed by atoms with E-state index in [2.05, 4.69) is 10.3 Å². The Kier molecular flexibility index (Phi) is 6.63. The summed E-state index contributed by atoms with van der Waals surface area (Å²) in [5, 5.41) is 14.3. The van der Waals surface area contributed by atoms with E-state index in [9.17, 15) is 19.7 Å². The highest BCUT2D eigenvalue weighted by Crippen LogP contribution is 2.34. The zero-order valence-corrected chi connectivity index (χ0v) is 17.1. The average Bonchev–Trinajstić information content (AvgIpc) is 2.74. The first-order valence-corrected chi connectivity index (χ1v) is 9.96. The maximum Gasteiger partial charge on any atom is 0.338 e. The number of thioether (sulfide) groups is 1. The van der Waals surface area contributed by atoms with Gasteiger partial charge in [-0.1, -0.05) is 42.5 Å². The van der Waals surface area contributed by atoms with E-state index >= 15 is 0 Å². The van der Waals surface area contributed by atoms with Crippen LogP contribution in [0.4, 0.5) is 5.69 Å². The van der Waals surface area contributed by atoms with Crippen LogP contribution in [0.3, 0.4) is 0 Å². The smallest absolute Gasteiger partial charge is 0.338 e. The van der Waals surface area contributed by atoms with E-state index in [-0.39, 0.29) is 23.0 Å². The molecule has 30 heavy (non-hydrogen) atoms. The number of nitrogens with one attached hydrogen (secondary N) is 1. The standard InChI is InChI=1S/C21H19N3O5S/c1-3-29-19(25)17-13(2)22-21(30-20(26)14-8-5-4-6-9-14)23-18(17)15-10-7-11-16(12-15)24(27)28/h4-12,18H,3H2,1-2H3,(H,22,23).